The van der Waals surface area contributed by atoms with E-state index in [-0.39, 0.29) is 6.61 Å². The van der Waals surface area contributed by atoms with Crippen LogP contribution in [-0.4, -0.2) is 98.7 Å². The maximum Gasteiger partial charge on any atom is 0.249 e. The number of hydrogen-bond acceptors (Lipinski definition) is 9. The summed E-state index contributed by atoms with van der Waals surface area (Å²) in [6, 6.07) is -0.895. The number of hydrogen-bond donors (Lipinski definition) is 7. The van der Waals surface area contributed by atoms with Crippen LogP contribution in [0.15, 0.2) is 24.3 Å². The van der Waals surface area contributed by atoms with Gasteiger partial charge in [-0.15, -0.1) is 0 Å². The van der Waals surface area contributed by atoms with Crippen LogP contribution < -0.4 is 5.32 Å². The third kappa shape index (κ3) is 36.5. The molecule has 0 radical (unpaired) electrons. The lowest BCUT2D eigenvalue weighted by Gasteiger charge is -2.40. The molecule has 0 spiro atoms. The Balaban J connectivity index is 2.24. The second-order valence-electron chi connectivity index (χ2n) is 20.6. The van der Waals surface area contributed by atoms with Crippen molar-refractivity contribution >= 4 is 5.91 Å². The molecule has 0 aromatic heterocycles. The smallest absolute Gasteiger partial charge is 0.249 e. The standard InChI is InChI=1S/C58H111NO9/c1-3-5-7-9-11-13-15-17-19-21-22-23-24-25-26-27-28-29-31-33-35-37-39-41-43-45-47-52(62)57(66)59-50(49-67-58-56(65)55(64)54(63)53(48-60)68-58)51(61)46-44-42-40-38-36-34-32-30-20-18-16-14-12-10-8-6-4-2/h22-23,25-26,50-56,58,60-65H,3-21,24,27-49H2,1-2H3,(H,59,66)/b23-22-,26-25-. The lowest BCUT2D eigenvalue weighted by molar-refractivity contribution is -0.302. The van der Waals surface area contributed by atoms with Crippen LogP contribution in [0.4, 0.5) is 0 Å². The first-order valence-electron chi connectivity index (χ1n) is 29.1. The van der Waals surface area contributed by atoms with Crippen LogP contribution >= 0.6 is 0 Å². The van der Waals surface area contributed by atoms with Crippen LogP contribution in [-0.2, 0) is 14.3 Å². The Morgan fingerprint density at radius 3 is 1.26 bits per heavy atom. The van der Waals surface area contributed by atoms with Crippen LogP contribution in [0.25, 0.3) is 0 Å². The van der Waals surface area contributed by atoms with Crippen molar-refractivity contribution in [3.05, 3.63) is 24.3 Å². The summed E-state index contributed by atoms with van der Waals surface area (Å²) in [6.07, 6.45) is 49.5. The molecule has 0 aliphatic carbocycles. The molecule has 1 fully saturated rings. The highest BCUT2D eigenvalue weighted by atomic mass is 16.7. The summed E-state index contributed by atoms with van der Waals surface area (Å²) in [5, 5.41) is 65.2. The van der Waals surface area contributed by atoms with Gasteiger partial charge in [0.05, 0.1) is 25.4 Å². The molecule has 1 aliphatic heterocycles. The van der Waals surface area contributed by atoms with Crippen molar-refractivity contribution in [2.24, 2.45) is 0 Å². The zero-order valence-corrected chi connectivity index (χ0v) is 44.2. The highest BCUT2D eigenvalue weighted by Crippen LogP contribution is 2.23. The molecular weight excluding hydrogens is 855 g/mol. The van der Waals surface area contributed by atoms with E-state index in [2.05, 4.69) is 43.5 Å². The average Bonchev–Trinajstić information content (AvgIpc) is 3.34. The number of aliphatic hydroxyl groups is 6. The van der Waals surface area contributed by atoms with Gasteiger partial charge in [0.2, 0.25) is 5.91 Å². The first-order valence-corrected chi connectivity index (χ1v) is 29.1. The van der Waals surface area contributed by atoms with E-state index in [1.807, 2.05) is 0 Å². The van der Waals surface area contributed by atoms with Crippen LogP contribution in [0.2, 0.25) is 0 Å². The number of carbonyl (C=O) groups excluding carboxylic acids is 1. The van der Waals surface area contributed by atoms with Gasteiger partial charge in [-0.3, -0.25) is 4.79 Å². The predicted octanol–water partition coefficient (Wildman–Crippen LogP) is 13.2. The molecule has 1 amide bonds. The van der Waals surface area contributed by atoms with Crippen LogP contribution in [0.5, 0.6) is 0 Å². The summed E-state index contributed by atoms with van der Waals surface area (Å²) in [4.78, 5) is 13.2. The minimum atomic E-state index is -1.60. The Bertz CT molecular complexity index is 1140. The summed E-state index contributed by atoms with van der Waals surface area (Å²) in [5.74, 6) is -0.583. The number of aliphatic hydroxyl groups excluding tert-OH is 6. The topological polar surface area (TPSA) is 169 Å². The van der Waals surface area contributed by atoms with Crippen molar-refractivity contribution < 1.29 is 44.9 Å². The predicted molar refractivity (Wildman–Crippen MR) is 283 cm³/mol. The van der Waals surface area contributed by atoms with Crippen molar-refractivity contribution in [1.29, 1.82) is 0 Å². The second-order valence-corrected chi connectivity index (χ2v) is 20.6. The van der Waals surface area contributed by atoms with Gasteiger partial charge in [-0.1, -0.05) is 256 Å². The fourth-order valence-electron chi connectivity index (χ4n) is 9.44. The number of amides is 1. The van der Waals surface area contributed by atoms with Gasteiger partial charge in [0.15, 0.2) is 6.29 Å². The minimum absolute atomic E-state index is 0.254. The van der Waals surface area contributed by atoms with Gasteiger partial charge in [0.25, 0.3) is 0 Å². The summed E-state index contributed by atoms with van der Waals surface area (Å²) >= 11 is 0. The first-order chi connectivity index (χ1) is 33.3. The molecule has 0 aromatic carbocycles. The van der Waals surface area contributed by atoms with Gasteiger partial charge < -0.3 is 45.4 Å². The summed E-state index contributed by atoms with van der Waals surface area (Å²) in [7, 11) is 0. The molecule has 0 aromatic rings. The third-order valence-electron chi connectivity index (χ3n) is 14.2. The monoisotopic (exact) mass is 966 g/mol. The van der Waals surface area contributed by atoms with Crippen molar-refractivity contribution in [3.63, 3.8) is 0 Å². The molecule has 1 rings (SSSR count). The molecule has 1 heterocycles. The van der Waals surface area contributed by atoms with E-state index in [1.54, 1.807) is 0 Å². The molecular formula is C58H111NO9. The maximum absolute atomic E-state index is 13.2. The molecule has 1 aliphatic rings. The van der Waals surface area contributed by atoms with Crippen molar-refractivity contribution in [1.82, 2.24) is 5.32 Å². The minimum Gasteiger partial charge on any atom is -0.394 e. The molecule has 0 bridgehead atoms. The SMILES string of the molecule is CCCCCCCCCCC/C=C\C/C=C\CCCCCCCCCCCCC(O)C(=O)NC(COC1OC(CO)C(O)C(O)C1O)C(O)CCCCCCCCCCCCCCCCCCC. The number of rotatable bonds is 50. The zero-order valence-electron chi connectivity index (χ0n) is 44.2. The van der Waals surface area contributed by atoms with Gasteiger partial charge in [0.1, 0.15) is 30.5 Å². The van der Waals surface area contributed by atoms with E-state index >= 15 is 0 Å². The lowest BCUT2D eigenvalue weighted by Crippen LogP contribution is -2.60. The van der Waals surface area contributed by atoms with E-state index in [0.29, 0.717) is 12.8 Å². The Labute approximate surface area is 418 Å². The molecule has 68 heavy (non-hydrogen) atoms. The second kappa shape index (κ2) is 47.9. The Morgan fingerprint density at radius 1 is 0.500 bits per heavy atom. The van der Waals surface area contributed by atoms with E-state index in [4.69, 9.17) is 9.47 Å². The van der Waals surface area contributed by atoms with Crippen LogP contribution in [0.1, 0.15) is 277 Å². The van der Waals surface area contributed by atoms with E-state index in [0.717, 1.165) is 57.8 Å². The largest absolute Gasteiger partial charge is 0.394 e. The highest BCUT2D eigenvalue weighted by Gasteiger charge is 2.44. The van der Waals surface area contributed by atoms with Gasteiger partial charge in [-0.2, -0.15) is 0 Å². The molecule has 0 saturated carbocycles. The normalized spacial score (nSPS) is 20.1. The van der Waals surface area contributed by atoms with Crippen molar-refractivity contribution in [3.8, 4) is 0 Å². The molecule has 1 saturated heterocycles. The molecule has 402 valence electrons. The maximum atomic E-state index is 13.2. The summed E-state index contributed by atoms with van der Waals surface area (Å²) in [5.41, 5.74) is 0. The molecule has 7 N–H and O–H groups in total. The van der Waals surface area contributed by atoms with Gasteiger partial charge in [-0.25, -0.2) is 0 Å². The Hall–Kier alpha value is -1.37. The fraction of sp³-hybridized carbons (Fsp3) is 0.914. The van der Waals surface area contributed by atoms with Gasteiger partial charge in [0, 0.05) is 0 Å². The first kappa shape index (κ1) is 64.6. The van der Waals surface area contributed by atoms with E-state index < -0.39 is 61.5 Å². The number of unbranched alkanes of at least 4 members (excludes halogenated alkanes) is 35. The Morgan fingerprint density at radius 2 is 0.868 bits per heavy atom. The van der Waals surface area contributed by atoms with Crippen LogP contribution in [0.3, 0.4) is 0 Å². The molecule has 10 heteroatoms. The van der Waals surface area contributed by atoms with E-state index in [1.165, 1.54) is 193 Å². The fourth-order valence-corrected chi connectivity index (χ4v) is 9.44. The lowest BCUT2D eigenvalue weighted by atomic mass is 9.99. The van der Waals surface area contributed by atoms with Crippen LogP contribution in [0, 0.1) is 0 Å². The highest BCUT2D eigenvalue weighted by molar-refractivity contribution is 5.80. The van der Waals surface area contributed by atoms with Gasteiger partial charge >= 0.3 is 0 Å². The number of allylic oxidation sites excluding steroid dienone is 4. The zero-order chi connectivity index (χ0) is 49.6. The van der Waals surface area contributed by atoms with E-state index in [9.17, 15) is 35.4 Å². The third-order valence-corrected chi connectivity index (χ3v) is 14.2. The number of carbonyl (C=O) groups is 1. The number of nitrogens with one attached hydrogen (secondary N) is 1. The van der Waals surface area contributed by atoms with Gasteiger partial charge in [-0.05, 0) is 44.9 Å². The quantitative estimate of drug-likeness (QED) is 0.0232. The molecule has 8 unspecified atom stereocenters. The Kier molecular flexibility index (Phi) is 45.6. The van der Waals surface area contributed by atoms with Crippen molar-refractivity contribution in [2.45, 2.75) is 326 Å². The summed E-state index contributed by atoms with van der Waals surface area (Å²) in [6.45, 7) is 3.70. The number of ether oxygens (including phenoxy) is 2. The summed E-state index contributed by atoms with van der Waals surface area (Å²) < 4.78 is 11.2. The average molecular weight is 967 g/mol. The molecule has 10 nitrogen and oxygen atoms in total. The van der Waals surface area contributed by atoms with Crippen molar-refractivity contribution in [2.75, 3.05) is 13.2 Å². The molecule has 8 atom stereocenters.